The third-order valence-corrected chi connectivity index (χ3v) is 5.95. The Kier molecular flexibility index (Phi) is 9.20. The van der Waals surface area contributed by atoms with E-state index in [9.17, 15) is 9.59 Å². The molecule has 0 fully saturated rings. The predicted octanol–water partition coefficient (Wildman–Crippen LogP) is 5.32. The van der Waals surface area contributed by atoms with Crippen molar-refractivity contribution in [2.45, 2.75) is 59.7 Å². The highest BCUT2D eigenvalue weighted by molar-refractivity contribution is 6.35. The van der Waals surface area contributed by atoms with Gasteiger partial charge in [0.1, 0.15) is 11.8 Å². The van der Waals surface area contributed by atoms with Gasteiger partial charge in [0.25, 0.3) is 5.91 Å². The summed E-state index contributed by atoms with van der Waals surface area (Å²) in [6.07, 6.45) is 0.797. The van der Waals surface area contributed by atoms with Crippen LogP contribution in [0.3, 0.4) is 0 Å². The van der Waals surface area contributed by atoms with E-state index in [-0.39, 0.29) is 31.0 Å². The summed E-state index contributed by atoms with van der Waals surface area (Å²) >= 11 is 12.3. The van der Waals surface area contributed by atoms with Gasteiger partial charge in [-0.2, -0.15) is 0 Å². The lowest BCUT2D eigenvalue weighted by atomic mass is 10.1. The largest absolute Gasteiger partial charge is 0.484 e. The molecular weight excluding hydrogens is 435 g/mol. The molecule has 5 nitrogen and oxygen atoms in total. The summed E-state index contributed by atoms with van der Waals surface area (Å²) in [6.45, 7) is 9.60. The summed E-state index contributed by atoms with van der Waals surface area (Å²) in [5.41, 5.74) is 2.93. The van der Waals surface area contributed by atoms with Crippen molar-refractivity contribution in [3.05, 3.63) is 63.1 Å². The molecule has 2 rings (SSSR count). The minimum absolute atomic E-state index is 0.0119. The van der Waals surface area contributed by atoms with Gasteiger partial charge in [-0.3, -0.25) is 9.59 Å². The molecule has 0 aromatic heterocycles. The molecule has 7 heteroatoms. The second kappa shape index (κ2) is 11.4. The van der Waals surface area contributed by atoms with Gasteiger partial charge in [-0.1, -0.05) is 42.3 Å². The third-order valence-electron chi connectivity index (χ3n) is 5.36. The fraction of sp³-hybridized carbons (Fsp3) is 0.417. The molecule has 31 heavy (non-hydrogen) atoms. The van der Waals surface area contributed by atoms with Crippen molar-refractivity contribution in [2.75, 3.05) is 6.61 Å². The molecule has 0 saturated carbocycles. The minimum atomic E-state index is -0.698. The summed E-state index contributed by atoms with van der Waals surface area (Å²) in [7, 11) is 0. The highest BCUT2D eigenvalue weighted by Crippen LogP contribution is 2.23. The summed E-state index contributed by atoms with van der Waals surface area (Å²) in [5, 5.41) is 3.88. The maximum Gasteiger partial charge on any atom is 0.261 e. The monoisotopic (exact) mass is 464 g/mol. The highest BCUT2D eigenvalue weighted by atomic mass is 35.5. The lowest BCUT2D eigenvalue weighted by molar-refractivity contribution is -0.142. The molecule has 2 amide bonds. The maximum absolute atomic E-state index is 13.1. The quantitative estimate of drug-likeness (QED) is 0.545. The van der Waals surface area contributed by atoms with Crippen molar-refractivity contribution in [1.29, 1.82) is 0 Å². The van der Waals surface area contributed by atoms with Crippen LogP contribution in [-0.4, -0.2) is 35.4 Å². The predicted molar refractivity (Wildman–Crippen MR) is 126 cm³/mol. The Morgan fingerprint density at radius 3 is 2.39 bits per heavy atom. The van der Waals surface area contributed by atoms with Crippen molar-refractivity contribution in [2.24, 2.45) is 0 Å². The number of benzene rings is 2. The van der Waals surface area contributed by atoms with E-state index in [1.165, 1.54) is 4.90 Å². The van der Waals surface area contributed by atoms with Crippen LogP contribution in [-0.2, 0) is 16.1 Å². The number of carbonyl (C=O) groups excluding carboxylic acids is 2. The number of aryl methyl sites for hydroxylation is 2. The number of hydrogen-bond donors (Lipinski definition) is 1. The fourth-order valence-corrected chi connectivity index (χ4v) is 3.38. The minimum Gasteiger partial charge on any atom is -0.484 e. The molecule has 0 bridgehead atoms. The molecule has 0 spiro atoms. The van der Waals surface area contributed by atoms with Crippen LogP contribution in [0, 0.1) is 13.8 Å². The number of hydrogen-bond acceptors (Lipinski definition) is 3. The molecule has 0 unspecified atom stereocenters. The van der Waals surface area contributed by atoms with Gasteiger partial charge < -0.3 is 15.0 Å². The van der Waals surface area contributed by atoms with E-state index in [0.717, 1.165) is 17.5 Å². The normalized spacial score (nSPS) is 12.7. The zero-order chi connectivity index (χ0) is 23.1. The Morgan fingerprint density at radius 2 is 1.77 bits per heavy atom. The van der Waals surface area contributed by atoms with Gasteiger partial charge in [0, 0.05) is 22.6 Å². The zero-order valence-electron chi connectivity index (χ0n) is 18.7. The molecule has 0 aliphatic rings. The number of nitrogens with one attached hydrogen (secondary N) is 1. The van der Waals surface area contributed by atoms with Gasteiger partial charge in [-0.25, -0.2) is 0 Å². The summed E-state index contributed by atoms with van der Waals surface area (Å²) in [4.78, 5) is 27.3. The molecule has 0 saturated heterocycles. The van der Waals surface area contributed by atoms with Gasteiger partial charge in [-0.15, -0.1) is 0 Å². The molecule has 168 valence electrons. The Hall–Kier alpha value is -2.24. The van der Waals surface area contributed by atoms with Gasteiger partial charge in [0.15, 0.2) is 6.61 Å². The van der Waals surface area contributed by atoms with E-state index >= 15 is 0 Å². The van der Waals surface area contributed by atoms with Crippen LogP contribution in [0.4, 0.5) is 0 Å². The topological polar surface area (TPSA) is 58.6 Å². The van der Waals surface area contributed by atoms with Crippen molar-refractivity contribution in [1.82, 2.24) is 10.2 Å². The first kappa shape index (κ1) is 25.0. The van der Waals surface area contributed by atoms with Crippen LogP contribution >= 0.6 is 23.2 Å². The maximum atomic E-state index is 13.1. The summed E-state index contributed by atoms with van der Waals surface area (Å²) in [6, 6.07) is 10.1. The first-order valence-electron chi connectivity index (χ1n) is 10.4. The van der Waals surface area contributed by atoms with E-state index < -0.39 is 6.04 Å². The summed E-state index contributed by atoms with van der Waals surface area (Å²) < 4.78 is 5.73. The number of amides is 2. The SMILES string of the molecule is CC[C@H](C)NC(=O)[C@H](C)N(Cc1ccc(Cl)cc1Cl)C(=O)COc1ccc(C)c(C)c1. The Morgan fingerprint density at radius 1 is 1.06 bits per heavy atom. The van der Waals surface area contributed by atoms with Crippen molar-refractivity contribution < 1.29 is 14.3 Å². The van der Waals surface area contributed by atoms with Crippen molar-refractivity contribution in [3.63, 3.8) is 0 Å². The lowest BCUT2D eigenvalue weighted by Gasteiger charge is -2.30. The summed E-state index contributed by atoms with van der Waals surface area (Å²) in [5.74, 6) is 0.0765. The van der Waals surface area contributed by atoms with E-state index in [1.807, 2.05) is 45.9 Å². The zero-order valence-corrected chi connectivity index (χ0v) is 20.2. The molecule has 0 aliphatic carbocycles. The van der Waals surface area contributed by atoms with Crippen LogP contribution in [0.25, 0.3) is 0 Å². The first-order chi connectivity index (χ1) is 14.6. The van der Waals surface area contributed by atoms with Crippen LogP contribution in [0.2, 0.25) is 10.0 Å². The average molecular weight is 465 g/mol. The van der Waals surface area contributed by atoms with Gasteiger partial charge >= 0.3 is 0 Å². The fourth-order valence-electron chi connectivity index (χ4n) is 2.91. The van der Waals surface area contributed by atoms with Gasteiger partial charge in [-0.05, 0) is 75.1 Å². The Balaban J connectivity index is 2.21. The number of nitrogens with zero attached hydrogens (tertiary/aromatic N) is 1. The van der Waals surface area contributed by atoms with Gasteiger partial charge in [0.05, 0.1) is 0 Å². The number of halogens is 2. The van der Waals surface area contributed by atoms with Crippen molar-refractivity contribution >= 4 is 35.0 Å². The molecule has 0 aliphatic heterocycles. The van der Waals surface area contributed by atoms with Gasteiger partial charge in [0.2, 0.25) is 5.91 Å². The van der Waals surface area contributed by atoms with Crippen LogP contribution in [0.5, 0.6) is 5.75 Å². The molecule has 0 radical (unpaired) electrons. The van der Waals surface area contributed by atoms with Crippen LogP contribution in [0.1, 0.15) is 43.9 Å². The second-order valence-corrected chi connectivity index (χ2v) is 8.63. The van der Waals surface area contributed by atoms with E-state index in [2.05, 4.69) is 5.32 Å². The highest BCUT2D eigenvalue weighted by Gasteiger charge is 2.27. The Labute approximate surface area is 194 Å². The molecule has 2 atom stereocenters. The Bertz CT molecular complexity index is 933. The van der Waals surface area contributed by atoms with E-state index in [4.69, 9.17) is 27.9 Å². The number of carbonyl (C=O) groups is 2. The molecule has 2 aromatic rings. The first-order valence-corrected chi connectivity index (χ1v) is 11.1. The lowest BCUT2D eigenvalue weighted by Crippen LogP contribution is -2.50. The van der Waals surface area contributed by atoms with E-state index in [0.29, 0.717) is 21.4 Å². The molecule has 2 aromatic carbocycles. The average Bonchev–Trinajstić information content (AvgIpc) is 2.73. The van der Waals surface area contributed by atoms with Crippen molar-refractivity contribution in [3.8, 4) is 5.75 Å². The van der Waals surface area contributed by atoms with Crippen LogP contribution < -0.4 is 10.1 Å². The van der Waals surface area contributed by atoms with Crippen LogP contribution in [0.15, 0.2) is 36.4 Å². The second-order valence-electron chi connectivity index (χ2n) is 7.79. The molecule has 0 heterocycles. The number of ether oxygens (including phenoxy) is 1. The molecular formula is C24H30Cl2N2O3. The number of rotatable bonds is 9. The standard InChI is InChI=1S/C24H30Cl2N2O3/c1-6-17(4)27-24(30)18(5)28(13-19-8-9-20(25)12-22(19)26)23(29)14-31-21-10-7-15(2)16(3)11-21/h7-12,17-18H,6,13-14H2,1-5H3,(H,27,30)/t17-,18-/m0/s1. The van der Waals surface area contributed by atoms with E-state index in [1.54, 1.807) is 25.1 Å². The smallest absolute Gasteiger partial charge is 0.261 e. The molecule has 1 N–H and O–H groups in total. The third kappa shape index (κ3) is 7.15.